The van der Waals surface area contributed by atoms with Crippen molar-refractivity contribution in [1.82, 2.24) is 4.98 Å². The van der Waals surface area contributed by atoms with Gasteiger partial charge in [-0.25, -0.2) is 9.29 Å². The van der Waals surface area contributed by atoms with Gasteiger partial charge in [0, 0.05) is 26.5 Å². The maximum absolute atomic E-state index is 13.9. The first-order valence-electron chi connectivity index (χ1n) is 12.5. The Hall–Kier alpha value is -3.74. The fourth-order valence-electron chi connectivity index (χ4n) is 5.13. The molecule has 1 fully saturated rings. The number of ether oxygens (including phenoxy) is 1. The highest BCUT2D eigenvalue weighted by Crippen LogP contribution is 2.54. The van der Waals surface area contributed by atoms with Crippen LogP contribution in [0.15, 0.2) is 81.0 Å². The standard InChI is InChI=1S/C29H21BrFN3O5S2/c1-14-4-2-3-5-19(14)32-21(35)13-39-20-11-6-15(30)12-18(20)22-23-25(40-26-24(22)41-29(38)33-26)28(37)34(27(23)36)17-9-7-16(31)8-10-17/h2-12,22-23,25H,13H2,1H3,(H,32,35)(H,33,38). The third-order valence-corrected chi connectivity index (χ3v) is 9.89. The molecule has 3 atom stereocenters. The van der Waals surface area contributed by atoms with Gasteiger partial charge in [0.1, 0.15) is 16.8 Å². The number of anilines is 2. The zero-order valence-electron chi connectivity index (χ0n) is 21.4. The molecule has 3 unspecified atom stereocenters. The molecule has 0 radical (unpaired) electrons. The first-order valence-corrected chi connectivity index (χ1v) is 15.0. The van der Waals surface area contributed by atoms with Crippen molar-refractivity contribution in [2.24, 2.45) is 5.92 Å². The molecule has 4 aromatic rings. The minimum absolute atomic E-state index is 0.269. The van der Waals surface area contributed by atoms with E-state index in [1.54, 1.807) is 24.3 Å². The van der Waals surface area contributed by atoms with Gasteiger partial charge in [-0.15, -0.1) is 0 Å². The zero-order valence-corrected chi connectivity index (χ0v) is 24.6. The minimum Gasteiger partial charge on any atom is -0.483 e. The van der Waals surface area contributed by atoms with Gasteiger partial charge in [-0.2, -0.15) is 0 Å². The maximum atomic E-state index is 13.9. The number of thiazole rings is 1. The second-order valence-electron chi connectivity index (χ2n) is 9.57. The van der Waals surface area contributed by atoms with Crippen LogP contribution in [0.25, 0.3) is 0 Å². The number of rotatable bonds is 6. The predicted octanol–water partition coefficient (Wildman–Crippen LogP) is 5.46. The highest BCUT2D eigenvalue weighted by atomic mass is 79.9. The summed E-state index contributed by atoms with van der Waals surface area (Å²) in [5, 5.41) is 2.52. The van der Waals surface area contributed by atoms with E-state index in [1.165, 1.54) is 24.3 Å². The molecule has 2 N–H and O–H groups in total. The molecule has 1 aromatic heterocycles. The fourth-order valence-corrected chi connectivity index (χ4v) is 8.02. The third kappa shape index (κ3) is 5.11. The predicted molar refractivity (Wildman–Crippen MR) is 158 cm³/mol. The van der Waals surface area contributed by atoms with Crippen molar-refractivity contribution in [3.05, 3.63) is 103 Å². The van der Waals surface area contributed by atoms with Crippen LogP contribution in [0.2, 0.25) is 0 Å². The van der Waals surface area contributed by atoms with Crippen LogP contribution in [0, 0.1) is 18.7 Å². The van der Waals surface area contributed by atoms with E-state index in [0.29, 0.717) is 31.4 Å². The van der Waals surface area contributed by atoms with Crippen LogP contribution in [0.5, 0.6) is 5.75 Å². The molecule has 2 aliphatic heterocycles. The number of benzene rings is 3. The topological polar surface area (TPSA) is 109 Å². The number of carbonyl (C=O) groups excluding carboxylic acids is 3. The number of hydrogen-bond donors (Lipinski definition) is 2. The van der Waals surface area contributed by atoms with E-state index in [0.717, 1.165) is 33.6 Å². The van der Waals surface area contributed by atoms with Crippen molar-refractivity contribution in [3.63, 3.8) is 0 Å². The van der Waals surface area contributed by atoms with Crippen molar-refractivity contribution >= 4 is 68.1 Å². The smallest absolute Gasteiger partial charge is 0.305 e. The Bertz CT molecular complexity index is 1760. The summed E-state index contributed by atoms with van der Waals surface area (Å²) in [6, 6.07) is 17.8. The molecule has 0 spiro atoms. The maximum Gasteiger partial charge on any atom is 0.305 e. The molecule has 1 saturated heterocycles. The SMILES string of the molecule is Cc1ccccc1NC(=O)COc1ccc(Br)cc1C1c2sc(=O)[nH]c2SC2C(=O)N(c3ccc(F)cc3)C(=O)C21. The van der Waals surface area contributed by atoms with Gasteiger partial charge >= 0.3 is 4.87 Å². The van der Waals surface area contributed by atoms with Crippen LogP contribution in [0.4, 0.5) is 15.8 Å². The monoisotopic (exact) mass is 653 g/mol. The van der Waals surface area contributed by atoms with Gasteiger partial charge in [0.2, 0.25) is 11.8 Å². The highest BCUT2D eigenvalue weighted by Gasteiger charge is 2.56. The van der Waals surface area contributed by atoms with Crippen LogP contribution in [-0.2, 0) is 14.4 Å². The molecule has 3 heterocycles. The van der Waals surface area contributed by atoms with Crippen LogP contribution < -0.4 is 19.8 Å². The Balaban J connectivity index is 1.37. The number of aryl methyl sites for hydroxylation is 1. The number of imide groups is 1. The molecule has 208 valence electrons. The number of aromatic amines is 1. The molecule has 12 heteroatoms. The number of amides is 3. The number of para-hydroxylation sites is 1. The van der Waals surface area contributed by atoms with Crippen molar-refractivity contribution in [1.29, 1.82) is 0 Å². The summed E-state index contributed by atoms with van der Waals surface area (Å²) in [4.78, 5) is 56.9. The lowest BCUT2D eigenvalue weighted by molar-refractivity contribution is -0.122. The summed E-state index contributed by atoms with van der Waals surface area (Å²) in [6.07, 6.45) is 0. The first kappa shape index (κ1) is 27.4. The summed E-state index contributed by atoms with van der Waals surface area (Å²) in [5.74, 6) is -3.00. The summed E-state index contributed by atoms with van der Waals surface area (Å²) in [7, 11) is 0. The number of hydrogen-bond acceptors (Lipinski definition) is 7. The molecular formula is C29H21BrFN3O5S2. The molecular weight excluding hydrogens is 633 g/mol. The van der Waals surface area contributed by atoms with Gasteiger partial charge in [-0.1, -0.05) is 57.2 Å². The van der Waals surface area contributed by atoms with E-state index in [-0.39, 0.29) is 23.1 Å². The van der Waals surface area contributed by atoms with Crippen molar-refractivity contribution in [2.45, 2.75) is 23.1 Å². The van der Waals surface area contributed by atoms with E-state index in [9.17, 15) is 23.6 Å². The van der Waals surface area contributed by atoms with Gasteiger partial charge in [0.25, 0.3) is 5.91 Å². The quantitative estimate of drug-likeness (QED) is 0.268. The van der Waals surface area contributed by atoms with Gasteiger partial charge in [0.05, 0.1) is 16.6 Å². The van der Waals surface area contributed by atoms with Crippen molar-refractivity contribution in [3.8, 4) is 5.75 Å². The first-order chi connectivity index (χ1) is 19.7. The molecule has 3 amide bonds. The van der Waals surface area contributed by atoms with Gasteiger partial charge < -0.3 is 15.0 Å². The summed E-state index contributed by atoms with van der Waals surface area (Å²) >= 11 is 5.61. The number of thioether (sulfide) groups is 1. The van der Waals surface area contributed by atoms with Crippen molar-refractivity contribution < 1.29 is 23.5 Å². The Morgan fingerprint density at radius 3 is 2.59 bits per heavy atom. The number of H-pyrrole nitrogens is 1. The van der Waals surface area contributed by atoms with Crippen LogP contribution in [-0.4, -0.2) is 34.6 Å². The Morgan fingerprint density at radius 1 is 1.07 bits per heavy atom. The molecule has 0 saturated carbocycles. The van der Waals surface area contributed by atoms with E-state index < -0.39 is 34.7 Å². The molecule has 0 bridgehead atoms. The van der Waals surface area contributed by atoms with Crippen LogP contribution >= 0.6 is 39.0 Å². The zero-order chi connectivity index (χ0) is 28.8. The van der Waals surface area contributed by atoms with Crippen molar-refractivity contribution in [2.75, 3.05) is 16.8 Å². The normalized spacial score (nSPS) is 19.6. The molecule has 0 aliphatic carbocycles. The van der Waals surface area contributed by atoms with E-state index in [4.69, 9.17) is 4.74 Å². The Morgan fingerprint density at radius 2 is 1.83 bits per heavy atom. The molecule has 8 nitrogen and oxygen atoms in total. The number of nitrogens with one attached hydrogen (secondary N) is 2. The fraction of sp³-hybridized carbons (Fsp3) is 0.172. The molecule has 41 heavy (non-hydrogen) atoms. The molecule has 3 aromatic carbocycles. The average molecular weight is 655 g/mol. The number of aromatic nitrogens is 1. The van der Waals surface area contributed by atoms with Gasteiger partial charge in [-0.3, -0.25) is 19.2 Å². The second-order valence-corrected chi connectivity index (χ2v) is 12.7. The largest absolute Gasteiger partial charge is 0.483 e. The number of fused-ring (bicyclic) bond motifs is 2. The number of carbonyl (C=O) groups is 3. The van der Waals surface area contributed by atoms with Gasteiger partial charge in [0.15, 0.2) is 6.61 Å². The van der Waals surface area contributed by atoms with E-state index >= 15 is 0 Å². The summed E-state index contributed by atoms with van der Waals surface area (Å²) in [5.41, 5.74) is 2.39. The highest BCUT2D eigenvalue weighted by molar-refractivity contribution is 9.10. The second kappa shape index (κ2) is 10.9. The van der Waals surface area contributed by atoms with E-state index in [1.807, 2.05) is 25.1 Å². The molecule has 2 aliphatic rings. The van der Waals surface area contributed by atoms with Crippen LogP contribution in [0.1, 0.15) is 21.9 Å². The Kier molecular flexibility index (Phi) is 7.30. The summed E-state index contributed by atoms with van der Waals surface area (Å²) < 4.78 is 20.3. The van der Waals surface area contributed by atoms with Gasteiger partial charge in [-0.05, 0) is 61.0 Å². The Labute approximate surface area is 250 Å². The number of halogens is 2. The lowest BCUT2D eigenvalue weighted by Crippen LogP contribution is -2.32. The van der Waals surface area contributed by atoms with Crippen LogP contribution in [0.3, 0.4) is 0 Å². The average Bonchev–Trinajstić information content (AvgIpc) is 3.44. The lowest BCUT2D eigenvalue weighted by atomic mass is 9.82. The number of nitrogens with zero attached hydrogens (tertiary/aromatic N) is 1. The minimum atomic E-state index is -0.867. The van der Waals surface area contributed by atoms with E-state index in [2.05, 4.69) is 26.2 Å². The third-order valence-electron chi connectivity index (χ3n) is 6.99. The summed E-state index contributed by atoms with van der Waals surface area (Å²) in [6.45, 7) is 1.58. The molecule has 6 rings (SSSR count). The lowest BCUT2D eigenvalue weighted by Gasteiger charge is -2.31.